The Balaban J connectivity index is 1.34. The van der Waals surface area contributed by atoms with E-state index < -0.39 is 10.0 Å². The van der Waals surface area contributed by atoms with Gasteiger partial charge in [0.15, 0.2) is 0 Å². The van der Waals surface area contributed by atoms with Gasteiger partial charge in [-0.25, -0.2) is 13.6 Å². The number of thiazole rings is 1. The van der Waals surface area contributed by atoms with E-state index in [1.807, 2.05) is 12.1 Å². The molecule has 3 aliphatic rings. The molecule has 3 N–H and O–H groups in total. The first-order chi connectivity index (χ1) is 17.6. The fraction of sp³-hybridized carbons (Fsp3) is 0.360. The summed E-state index contributed by atoms with van der Waals surface area (Å²) in [5.74, 6) is 1.15. The third kappa shape index (κ3) is 4.45. The molecule has 0 spiro atoms. The van der Waals surface area contributed by atoms with E-state index in [1.165, 1.54) is 54.9 Å². The van der Waals surface area contributed by atoms with Crippen LogP contribution in [0.2, 0.25) is 10.0 Å². The second kappa shape index (κ2) is 9.43. The standard InChI is InChI=1S/C25H23Cl2N3O4S3/c26-17-3-1-2-16(21(17)27)20-19-12-4-5-13(10-12)22(19)35-24-23(20)36-25(32)30(24)11-18(31)29-14-6-8-15(9-7-14)37(28,33)34/h1-3,6-9,12-13,19-20,22H,4-5,10-11H2,(H,29,31)(H2,28,33,34). The fourth-order valence-electron chi connectivity index (χ4n) is 6.27. The number of carbonyl (C=O) groups excluding carboxylic acids is 1. The molecule has 2 heterocycles. The molecule has 37 heavy (non-hydrogen) atoms. The van der Waals surface area contributed by atoms with E-state index in [-0.39, 0.29) is 28.1 Å². The molecule has 5 atom stereocenters. The number of aromatic nitrogens is 1. The number of hydrogen-bond acceptors (Lipinski definition) is 6. The van der Waals surface area contributed by atoms with Crippen molar-refractivity contribution < 1.29 is 13.2 Å². The molecule has 5 unspecified atom stereocenters. The van der Waals surface area contributed by atoms with Crippen molar-refractivity contribution in [3.8, 4) is 0 Å². The molecule has 194 valence electrons. The largest absolute Gasteiger partial charge is 0.325 e. The number of nitrogens with zero attached hydrogens (tertiary/aromatic N) is 1. The van der Waals surface area contributed by atoms with Gasteiger partial charge < -0.3 is 5.32 Å². The van der Waals surface area contributed by atoms with Crippen LogP contribution in [0, 0.1) is 17.8 Å². The minimum Gasteiger partial charge on any atom is -0.325 e. The van der Waals surface area contributed by atoms with Crippen molar-refractivity contribution in [2.24, 2.45) is 22.9 Å². The lowest BCUT2D eigenvalue weighted by Crippen LogP contribution is -2.35. The lowest BCUT2D eigenvalue weighted by atomic mass is 9.75. The predicted octanol–water partition coefficient (Wildman–Crippen LogP) is 5.16. The number of amides is 1. The number of nitrogens with two attached hydrogens (primary N) is 1. The van der Waals surface area contributed by atoms with Gasteiger partial charge in [-0.05, 0) is 72.9 Å². The van der Waals surface area contributed by atoms with Gasteiger partial charge in [-0.2, -0.15) is 0 Å². The van der Waals surface area contributed by atoms with Gasteiger partial charge >= 0.3 is 4.87 Å². The predicted molar refractivity (Wildman–Crippen MR) is 147 cm³/mol. The summed E-state index contributed by atoms with van der Waals surface area (Å²) in [5.41, 5.74) is 1.37. The zero-order valence-corrected chi connectivity index (χ0v) is 23.4. The van der Waals surface area contributed by atoms with Crippen LogP contribution < -0.4 is 15.3 Å². The number of primary sulfonamides is 1. The molecular weight excluding hydrogens is 573 g/mol. The Morgan fingerprint density at radius 1 is 1.11 bits per heavy atom. The van der Waals surface area contributed by atoms with Crippen molar-refractivity contribution in [1.29, 1.82) is 0 Å². The molecule has 0 saturated heterocycles. The highest BCUT2D eigenvalue weighted by Crippen LogP contribution is 2.64. The SMILES string of the molecule is NS(=O)(=O)c1ccc(NC(=O)Cn2c3c(sc2=O)C(c2cccc(Cl)c2Cl)C2C4CCC(C4)C2S3)cc1. The van der Waals surface area contributed by atoms with Gasteiger partial charge in [-0.3, -0.25) is 14.2 Å². The topological polar surface area (TPSA) is 111 Å². The van der Waals surface area contributed by atoms with Crippen LogP contribution in [0.25, 0.3) is 0 Å². The molecule has 7 nitrogen and oxygen atoms in total. The van der Waals surface area contributed by atoms with Crippen LogP contribution in [0.5, 0.6) is 0 Å². The van der Waals surface area contributed by atoms with Gasteiger partial charge in [-0.1, -0.05) is 46.7 Å². The van der Waals surface area contributed by atoms with Gasteiger partial charge in [0.2, 0.25) is 15.9 Å². The molecule has 1 aliphatic heterocycles. The second-order valence-corrected chi connectivity index (χ2v) is 14.4. The van der Waals surface area contributed by atoms with Crippen LogP contribution in [-0.2, 0) is 21.4 Å². The summed E-state index contributed by atoms with van der Waals surface area (Å²) in [5, 5.41) is 10.1. The quantitative estimate of drug-likeness (QED) is 0.423. The van der Waals surface area contributed by atoms with E-state index >= 15 is 0 Å². The Labute approximate surface area is 232 Å². The minimum atomic E-state index is -3.83. The fourth-order valence-corrected chi connectivity index (χ4v) is 10.4. The average Bonchev–Trinajstić information content (AvgIpc) is 3.54. The number of carbonyl (C=O) groups is 1. The Kier molecular flexibility index (Phi) is 6.49. The van der Waals surface area contributed by atoms with E-state index in [1.54, 1.807) is 22.4 Å². The summed E-state index contributed by atoms with van der Waals surface area (Å²) < 4.78 is 24.5. The Morgan fingerprint density at radius 3 is 2.57 bits per heavy atom. The summed E-state index contributed by atoms with van der Waals surface area (Å²) in [6.45, 7) is -0.143. The molecule has 6 rings (SSSR count). The Hall–Kier alpha value is -1.82. The molecule has 12 heteroatoms. The van der Waals surface area contributed by atoms with E-state index in [2.05, 4.69) is 5.32 Å². The van der Waals surface area contributed by atoms with Crippen molar-refractivity contribution in [2.75, 3.05) is 5.32 Å². The van der Waals surface area contributed by atoms with Crippen LogP contribution in [0.1, 0.15) is 35.6 Å². The lowest BCUT2D eigenvalue weighted by Gasteiger charge is -2.40. The molecular formula is C25H23Cl2N3O4S3. The van der Waals surface area contributed by atoms with E-state index in [0.717, 1.165) is 15.5 Å². The zero-order valence-electron chi connectivity index (χ0n) is 19.4. The third-order valence-corrected chi connectivity index (χ3v) is 12.4. The van der Waals surface area contributed by atoms with Crippen LogP contribution in [-0.4, -0.2) is 24.1 Å². The van der Waals surface area contributed by atoms with Crippen molar-refractivity contribution in [3.05, 3.63) is 72.6 Å². The normalized spacial score (nSPS) is 26.1. The van der Waals surface area contributed by atoms with Gasteiger partial charge in [-0.15, -0.1) is 11.8 Å². The summed E-state index contributed by atoms with van der Waals surface area (Å²) in [6, 6.07) is 11.3. The van der Waals surface area contributed by atoms with Crippen molar-refractivity contribution in [2.45, 2.75) is 46.9 Å². The van der Waals surface area contributed by atoms with Gasteiger partial charge in [0.05, 0.1) is 20.0 Å². The number of sulfonamides is 1. The second-order valence-electron chi connectivity index (χ2n) is 9.85. The van der Waals surface area contributed by atoms with E-state index in [0.29, 0.717) is 38.7 Å². The zero-order chi connectivity index (χ0) is 26.1. The minimum absolute atomic E-state index is 0.0319. The van der Waals surface area contributed by atoms with Gasteiger partial charge in [0, 0.05) is 21.7 Å². The lowest BCUT2D eigenvalue weighted by molar-refractivity contribution is -0.116. The molecule has 2 aromatic carbocycles. The number of anilines is 1. The van der Waals surface area contributed by atoms with Crippen molar-refractivity contribution in [3.63, 3.8) is 0 Å². The van der Waals surface area contributed by atoms with Crippen molar-refractivity contribution in [1.82, 2.24) is 4.57 Å². The molecule has 1 amide bonds. The summed E-state index contributed by atoms with van der Waals surface area (Å²) in [4.78, 5) is 26.9. The number of benzene rings is 2. The third-order valence-electron chi connectivity index (χ3n) is 7.78. The van der Waals surface area contributed by atoms with Crippen LogP contribution >= 0.6 is 46.3 Å². The Morgan fingerprint density at radius 2 is 1.84 bits per heavy atom. The van der Waals surface area contributed by atoms with E-state index in [4.69, 9.17) is 28.3 Å². The molecule has 0 radical (unpaired) electrons. The summed E-state index contributed by atoms with van der Waals surface area (Å²) in [7, 11) is -3.83. The monoisotopic (exact) mass is 595 g/mol. The van der Waals surface area contributed by atoms with Crippen LogP contribution in [0.3, 0.4) is 0 Å². The van der Waals surface area contributed by atoms with Crippen LogP contribution in [0.15, 0.2) is 57.2 Å². The highest BCUT2D eigenvalue weighted by Gasteiger charge is 2.55. The maximum absolute atomic E-state index is 13.2. The molecule has 2 fully saturated rings. The first kappa shape index (κ1) is 25.5. The number of rotatable bonds is 5. The molecule has 2 aliphatic carbocycles. The summed E-state index contributed by atoms with van der Waals surface area (Å²) in [6.07, 6.45) is 3.57. The van der Waals surface area contributed by atoms with Gasteiger partial charge in [0.25, 0.3) is 0 Å². The molecule has 2 saturated carbocycles. The average molecular weight is 597 g/mol. The highest BCUT2D eigenvalue weighted by atomic mass is 35.5. The number of hydrogen-bond donors (Lipinski definition) is 2. The Bertz CT molecular complexity index is 1570. The number of nitrogens with one attached hydrogen (secondary N) is 1. The van der Waals surface area contributed by atoms with Crippen molar-refractivity contribution >= 4 is 67.9 Å². The first-order valence-corrected chi connectivity index (χ1v) is 15.9. The first-order valence-electron chi connectivity index (χ1n) is 11.9. The molecule has 1 aromatic heterocycles. The van der Waals surface area contributed by atoms with Crippen LogP contribution in [0.4, 0.5) is 5.69 Å². The number of thioether (sulfide) groups is 1. The number of fused-ring (bicyclic) bond motifs is 6. The highest BCUT2D eigenvalue weighted by molar-refractivity contribution is 8.00. The van der Waals surface area contributed by atoms with Gasteiger partial charge in [0.1, 0.15) is 6.54 Å². The maximum atomic E-state index is 13.2. The maximum Gasteiger partial charge on any atom is 0.308 e. The summed E-state index contributed by atoms with van der Waals surface area (Å²) >= 11 is 16.0. The van der Waals surface area contributed by atoms with E-state index in [9.17, 15) is 18.0 Å². The smallest absolute Gasteiger partial charge is 0.308 e. The number of halogens is 2. The molecule has 3 aromatic rings. The molecule has 2 bridgehead atoms.